The first-order chi connectivity index (χ1) is 12.2. The van der Waals surface area contributed by atoms with Gasteiger partial charge >= 0.3 is 6.18 Å². The van der Waals surface area contributed by atoms with Crippen molar-refractivity contribution in [3.8, 4) is 11.8 Å². The number of carbonyl (C=O) groups is 2. The summed E-state index contributed by atoms with van der Waals surface area (Å²) < 4.78 is 45.8. The number of amides is 2. The molecule has 0 radical (unpaired) electrons. The Morgan fingerprint density at radius 3 is 2.54 bits per heavy atom. The molecule has 9 heteroatoms. The molecule has 2 amide bonds. The molecule has 1 aromatic carbocycles. The number of nitrogens with zero attached hydrogens (tertiary/aromatic N) is 1. The second kappa shape index (κ2) is 7.07. The van der Waals surface area contributed by atoms with Gasteiger partial charge in [0.2, 0.25) is 11.4 Å². The van der Waals surface area contributed by atoms with E-state index in [0.29, 0.717) is 11.3 Å². The predicted octanol–water partition coefficient (Wildman–Crippen LogP) is 1.83. The van der Waals surface area contributed by atoms with Gasteiger partial charge in [-0.1, -0.05) is 18.7 Å². The minimum atomic E-state index is -5.16. The van der Waals surface area contributed by atoms with Crippen LogP contribution in [-0.4, -0.2) is 30.6 Å². The fourth-order valence-electron chi connectivity index (χ4n) is 2.71. The third-order valence-electron chi connectivity index (χ3n) is 4.13. The van der Waals surface area contributed by atoms with Gasteiger partial charge in [-0.15, -0.1) is 0 Å². The van der Waals surface area contributed by atoms with Gasteiger partial charge in [-0.2, -0.15) is 18.4 Å². The summed E-state index contributed by atoms with van der Waals surface area (Å²) >= 11 is 0. The molecule has 2 rings (SSSR count). The molecule has 2 N–H and O–H groups in total. The molecular weight excluding hydrogens is 351 g/mol. The van der Waals surface area contributed by atoms with Crippen LogP contribution in [0.2, 0.25) is 0 Å². The van der Waals surface area contributed by atoms with Crippen LogP contribution in [-0.2, 0) is 16.0 Å². The maximum absolute atomic E-state index is 13.6. The van der Waals surface area contributed by atoms with Crippen LogP contribution in [0.25, 0.3) is 0 Å². The van der Waals surface area contributed by atoms with E-state index in [1.807, 2.05) is 5.32 Å². The molecule has 1 aliphatic rings. The number of ether oxygens (including phenoxy) is 1. The van der Waals surface area contributed by atoms with Gasteiger partial charge in [-0.25, -0.2) is 0 Å². The Morgan fingerprint density at radius 1 is 1.42 bits per heavy atom. The van der Waals surface area contributed by atoms with E-state index in [2.05, 4.69) is 6.58 Å². The molecule has 6 nitrogen and oxygen atoms in total. The zero-order valence-electron chi connectivity index (χ0n) is 13.8. The van der Waals surface area contributed by atoms with E-state index in [1.54, 1.807) is 29.6 Å². The highest BCUT2D eigenvalue weighted by Gasteiger charge is 2.70. The van der Waals surface area contributed by atoms with Gasteiger partial charge in [0.25, 0.3) is 5.91 Å². The van der Waals surface area contributed by atoms with Gasteiger partial charge in [0.15, 0.2) is 0 Å². The largest absolute Gasteiger partial charge is 0.497 e. The van der Waals surface area contributed by atoms with Gasteiger partial charge < -0.3 is 15.4 Å². The van der Waals surface area contributed by atoms with Crippen LogP contribution in [0.15, 0.2) is 36.5 Å². The quantitative estimate of drug-likeness (QED) is 0.831. The molecule has 1 fully saturated rings. The van der Waals surface area contributed by atoms with Crippen LogP contribution >= 0.6 is 0 Å². The van der Waals surface area contributed by atoms with E-state index < -0.39 is 35.1 Å². The number of hydrogen-bond donors (Lipinski definition) is 2. The van der Waals surface area contributed by atoms with E-state index in [-0.39, 0.29) is 12.8 Å². The Kier molecular flexibility index (Phi) is 5.25. The summed E-state index contributed by atoms with van der Waals surface area (Å²) in [6.07, 6.45) is -5.29. The number of rotatable bonds is 5. The molecule has 0 saturated carbocycles. The van der Waals surface area contributed by atoms with Crippen molar-refractivity contribution >= 4 is 11.8 Å². The maximum atomic E-state index is 13.6. The van der Waals surface area contributed by atoms with Crippen molar-refractivity contribution in [3.63, 3.8) is 0 Å². The van der Waals surface area contributed by atoms with E-state index in [9.17, 15) is 22.8 Å². The van der Waals surface area contributed by atoms with Gasteiger partial charge in [0.05, 0.1) is 13.2 Å². The first kappa shape index (κ1) is 19.3. The Balaban J connectivity index is 2.16. The Labute approximate surface area is 147 Å². The number of nitriles is 1. The lowest BCUT2D eigenvalue weighted by Gasteiger charge is -2.32. The first-order valence-electron chi connectivity index (χ1n) is 7.56. The SMILES string of the molecule is C=C1NC(=O)[C@@](NC(=O)CCc2ccc(OC)cc2)(C(F)(F)F)[C@H]1C#N. The standard InChI is InChI=1S/C17H16F3N3O3/c1-10-13(9-21)16(15(25)22-10,17(18,19)20)23-14(24)8-5-11-3-6-12(26-2)7-4-11/h3-4,6-7,13H,1,5,8H2,2H3,(H,22,25)(H,23,24)/t13-,16+/m0/s1. The molecule has 26 heavy (non-hydrogen) atoms. The number of carbonyl (C=O) groups excluding carboxylic acids is 2. The molecule has 0 bridgehead atoms. The van der Waals surface area contributed by atoms with Crippen molar-refractivity contribution in [2.45, 2.75) is 24.6 Å². The molecule has 0 aromatic heterocycles. The van der Waals surface area contributed by atoms with E-state index >= 15 is 0 Å². The lowest BCUT2D eigenvalue weighted by molar-refractivity contribution is -0.202. The molecule has 0 aliphatic carbocycles. The summed E-state index contributed by atoms with van der Waals surface area (Å²) in [6, 6.07) is 8.07. The number of alkyl halides is 3. The molecule has 2 atom stereocenters. The van der Waals surface area contributed by atoms with Crippen molar-refractivity contribution in [2.75, 3.05) is 7.11 Å². The number of aryl methyl sites for hydroxylation is 1. The van der Waals surface area contributed by atoms with Crippen molar-refractivity contribution in [1.82, 2.24) is 10.6 Å². The Morgan fingerprint density at radius 2 is 2.04 bits per heavy atom. The molecule has 0 unspecified atom stereocenters. The molecule has 1 saturated heterocycles. The van der Waals surface area contributed by atoms with Gasteiger partial charge in [0.1, 0.15) is 11.7 Å². The summed E-state index contributed by atoms with van der Waals surface area (Å²) in [6.45, 7) is 3.27. The second-order valence-corrected chi connectivity index (χ2v) is 5.74. The van der Waals surface area contributed by atoms with E-state index in [0.717, 1.165) is 0 Å². The van der Waals surface area contributed by atoms with Crippen LogP contribution < -0.4 is 15.4 Å². The zero-order chi connectivity index (χ0) is 19.5. The van der Waals surface area contributed by atoms with Crippen molar-refractivity contribution in [1.29, 1.82) is 5.26 Å². The normalized spacial score (nSPS) is 22.5. The van der Waals surface area contributed by atoms with Gasteiger partial charge in [-0.05, 0) is 24.1 Å². The van der Waals surface area contributed by atoms with Crippen LogP contribution in [0.3, 0.4) is 0 Å². The highest BCUT2D eigenvalue weighted by atomic mass is 19.4. The Hall–Kier alpha value is -3.02. The van der Waals surface area contributed by atoms with Crippen molar-refractivity contribution in [2.24, 2.45) is 5.92 Å². The fraction of sp³-hybridized carbons (Fsp3) is 0.353. The lowest BCUT2D eigenvalue weighted by atomic mass is 9.85. The molecule has 138 valence electrons. The first-order valence-corrected chi connectivity index (χ1v) is 7.56. The molecule has 1 aromatic rings. The van der Waals surface area contributed by atoms with Crippen molar-refractivity contribution in [3.05, 3.63) is 42.1 Å². The summed E-state index contributed by atoms with van der Waals surface area (Å²) in [5.41, 5.74) is -3.03. The minimum Gasteiger partial charge on any atom is -0.497 e. The third-order valence-corrected chi connectivity index (χ3v) is 4.13. The summed E-state index contributed by atoms with van der Waals surface area (Å²) in [5, 5.41) is 12.7. The number of nitrogens with one attached hydrogen (secondary N) is 2. The minimum absolute atomic E-state index is 0.156. The molecule has 1 heterocycles. The van der Waals surface area contributed by atoms with Crippen LogP contribution in [0.4, 0.5) is 13.2 Å². The van der Waals surface area contributed by atoms with Crippen LogP contribution in [0.1, 0.15) is 12.0 Å². The average molecular weight is 367 g/mol. The average Bonchev–Trinajstić information content (AvgIpc) is 2.83. The van der Waals surface area contributed by atoms with E-state index in [4.69, 9.17) is 10.00 Å². The van der Waals surface area contributed by atoms with Crippen molar-refractivity contribution < 1.29 is 27.5 Å². The summed E-state index contributed by atoms with van der Waals surface area (Å²) in [5.74, 6) is -3.85. The topological polar surface area (TPSA) is 91.2 Å². The third kappa shape index (κ3) is 3.35. The zero-order valence-corrected chi connectivity index (χ0v) is 13.8. The monoisotopic (exact) mass is 367 g/mol. The predicted molar refractivity (Wildman–Crippen MR) is 84.6 cm³/mol. The smallest absolute Gasteiger partial charge is 0.422 e. The number of methoxy groups -OCH3 is 1. The summed E-state index contributed by atoms with van der Waals surface area (Å²) in [7, 11) is 1.49. The fourth-order valence-corrected chi connectivity index (χ4v) is 2.71. The Bertz CT molecular complexity index is 768. The highest BCUT2D eigenvalue weighted by Crippen LogP contribution is 2.42. The number of benzene rings is 1. The van der Waals surface area contributed by atoms with Crippen LogP contribution in [0.5, 0.6) is 5.75 Å². The summed E-state index contributed by atoms with van der Waals surface area (Å²) in [4.78, 5) is 24.0. The van der Waals surface area contributed by atoms with E-state index in [1.165, 1.54) is 13.2 Å². The maximum Gasteiger partial charge on any atom is 0.422 e. The van der Waals surface area contributed by atoms with Crippen LogP contribution in [0, 0.1) is 17.2 Å². The highest BCUT2D eigenvalue weighted by molar-refractivity contribution is 5.97. The van der Waals surface area contributed by atoms with Gasteiger partial charge in [0, 0.05) is 12.1 Å². The number of hydrogen-bond acceptors (Lipinski definition) is 4. The second-order valence-electron chi connectivity index (χ2n) is 5.74. The molecule has 0 spiro atoms. The number of halogens is 3. The lowest BCUT2D eigenvalue weighted by Crippen LogP contribution is -2.66. The van der Waals surface area contributed by atoms with Gasteiger partial charge in [-0.3, -0.25) is 9.59 Å². The molecule has 1 aliphatic heterocycles. The molecular formula is C17H16F3N3O3.